The van der Waals surface area contributed by atoms with Gasteiger partial charge in [0.25, 0.3) is 0 Å². The molecule has 4 rings (SSSR count). The second-order valence-electron chi connectivity index (χ2n) is 6.86. The van der Waals surface area contributed by atoms with Crippen LogP contribution in [0.4, 0.5) is 0 Å². The van der Waals surface area contributed by atoms with Crippen LogP contribution < -0.4 is 3.27 Å². The first-order valence-corrected chi connectivity index (χ1v) is 12.1. The molecule has 0 N–H and O–H groups in total. The van der Waals surface area contributed by atoms with E-state index in [4.69, 9.17) is 0 Å². The summed E-state index contributed by atoms with van der Waals surface area (Å²) >= 11 is -1.90. The zero-order valence-electron chi connectivity index (χ0n) is 14.9. The summed E-state index contributed by atoms with van der Waals surface area (Å²) in [7, 11) is 0. The molecule has 0 nitrogen and oxygen atoms in total. The zero-order chi connectivity index (χ0) is 16.0. The SMILES string of the molecule is CC1=CC[C]([Zr](=[C](C)C)[c]2cccc3c2Cc2ccccc2-3)=C1.Cl.Cl. The maximum absolute atomic E-state index is 2.48. The van der Waals surface area contributed by atoms with Gasteiger partial charge in [-0.15, -0.1) is 24.8 Å². The van der Waals surface area contributed by atoms with E-state index >= 15 is 0 Å². The molecule has 0 aliphatic heterocycles. The molecule has 0 amide bonds. The summed E-state index contributed by atoms with van der Waals surface area (Å²) < 4.78 is 5.14. The topological polar surface area (TPSA) is 0 Å². The van der Waals surface area contributed by atoms with Gasteiger partial charge in [-0.2, -0.15) is 0 Å². The number of hydrogen-bond acceptors (Lipinski definition) is 0. The molecule has 0 saturated heterocycles. The van der Waals surface area contributed by atoms with Crippen molar-refractivity contribution in [2.24, 2.45) is 0 Å². The molecule has 0 saturated carbocycles. The minimum Gasteiger partial charge on any atom is -0.147 e. The van der Waals surface area contributed by atoms with Crippen molar-refractivity contribution in [2.75, 3.05) is 0 Å². The van der Waals surface area contributed by atoms with E-state index in [1.807, 2.05) is 0 Å². The van der Waals surface area contributed by atoms with Gasteiger partial charge in [-0.3, -0.25) is 0 Å². The molecule has 0 bridgehead atoms. The maximum Gasteiger partial charge on any atom is -0.147 e. The Hall–Kier alpha value is -0.747. The van der Waals surface area contributed by atoms with Gasteiger partial charge in [0.2, 0.25) is 0 Å². The van der Waals surface area contributed by atoms with E-state index in [2.05, 4.69) is 75.4 Å². The Morgan fingerprint density at radius 2 is 1.64 bits per heavy atom. The molecule has 2 aliphatic carbocycles. The number of fused-ring (bicyclic) bond motifs is 3. The summed E-state index contributed by atoms with van der Waals surface area (Å²) in [6.07, 6.45) is 7.18. The van der Waals surface area contributed by atoms with Crippen molar-refractivity contribution in [3.63, 3.8) is 0 Å². The van der Waals surface area contributed by atoms with Crippen LogP contribution in [0.15, 0.2) is 63.5 Å². The average molecular weight is 451 g/mol. The van der Waals surface area contributed by atoms with Crippen LogP contribution in [0.25, 0.3) is 11.1 Å². The van der Waals surface area contributed by atoms with E-state index in [1.54, 1.807) is 15.3 Å². The molecular formula is C22H24Cl2Zr. The second kappa shape index (κ2) is 8.30. The van der Waals surface area contributed by atoms with Crippen LogP contribution in [0.5, 0.6) is 0 Å². The number of rotatable bonds is 2. The van der Waals surface area contributed by atoms with Gasteiger partial charge in [0.15, 0.2) is 0 Å². The fourth-order valence-corrected chi connectivity index (χ4v) is 11.3. The van der Waals surface area contributed by atoms with Crippen molar-refractivity contribution in [1.82, 2.24) is 0 Å². The van der Waals surface area contributed by atoms with Crippen LogP contribution in [0, 0.1) is 0 Å². The second-order valence-corrected chi connectivity index (χ2v) is 14.1. The summed E-state index contributed by atoms with van der Waals surface area (Å²) in [5, 5.41) is 0. The smallest absolute Gasteiger partial charge is 0.147 e. The molecule has 25 heavy (non-hydrogen) atoms. The fraction of sp³-hybridized carbons (Fsp3) is 0.227. The van der Waals surface area contributed by atoms with Crippen molar-refractivity contribution >= 4 is 31.3 Å². The minimum atomic E-state index is -1.90. The van der Waals surface area contributed by atoms with Gasteiger partial charge in [-0.05, 0) is 0 Å². The Kier molecular flexibility index (Phi) is 6.82. The van der Waals surface area contributed by atoms with Crippen molar-refractivity contribution in [3.8, 4) is 11.1 Å². The molecule has 0 fully saturated rings. The standard InChI is InChI=1S/C13H9.C6H7.C3H6.2ClH.Zr/c1-3-7-12-10(5-1)9-11-6-2-4-8-13(11)12;1-6-4-2-3-5-6;1-3-2;;;/h1-5,7-8H,9H2;4-5H,2H2,1H3;1-2H3;2*1H;. The van der Waals surface area contributed by atoms with E-state index in [0.717, 1.165) is 6.42 Å². The van der Waals surface area contributed by atoms with Crippen molar-refractivity contribution in [2.45, 2.75) is 33.6 Å². The van der Waals surface area contributed by atoms with Crippen LogP contribution in [-0.4, -0.2) is 3.21 Å². The monoisotopic (exact) mass is 448 g/mol. The Balaban J connectivity index is 0.00000113. The van der Waals surface area contributed by atoms with Crippen LogP contribution in [0.2, 0.25) is 0 Å². The normalized spacial score (nSPS) is 13.7. The molecule has 0 atom stereocenters. The fourth-order valence-electron chi connectivity index (χ4n) is 3.99. The van der Waals surface area contributed by atoms with E-state index in [-0.39, 0.29) is 24.8 Å². The zero-order valence-corrected chi connectivity index (χ0v) is 19.0. The molecule has 3 heteroatoms. The van der Waals surface area contributed by atoms with Crippen LogP contribution in [-0.2, 0) is 27.7 Å². The predicted octanol–water partition coefficient (Wildman–Crippen LogP) is 5.79. The van der Waals surface area contributed by atoms with E-state index < -0.39 is 21.3 Å². The predicted molar refractivity (Wildman–Crippen MR) is 112 cm³/mol. The molecule has 2 aromatic rings. The van der Waals surface area contributed by atoms with Gasteiger partial charge in [-0.25, -0.2) is 0 Å². The van der Waals surface area contributed by atoms with Gasteiger partial charge >= 0.3 is 147 Å². The first-order chi connectivity index (χ1) is 11.1. The molecule has 130 valence electrons. The number of halogens is 2. The van der Waals surface area contributed by atoms with Crippen molar-refractivity contribution in [1.29, 1.82) is 0 Å². The van der Waals surface area contributed by atoms with Crippen LogP contribution in [0.3, 0.4) is 0 Å². The summed E-state index contributed by atoms with van der Waals surface area (Å²) in [5.41, 5.74) is 7.52. The molecule has 0 spiro atoms. The van der Waals surface area contributed by atoms with E-state index in [0.29, 0.717) is 0 Å². The van der Waals surface area contributed by atoms with Crippen molar-refractivity contribution in [3.05, 3.63) is 74.6 Å². The summed E-state index contributed by atoms with van der Waals surface area (Å²) in [4.78, 5) is 0. The largest absolute Gasteiger partial charge is 0.147 e. The summed E-state index contributed by atoms with van der Waals surface area (Å²) in [6.45, 7) is 6.97. The molecular weight excluding hydrogens is 426 g/mol. The molecule has 0 heterocycles. The average Bonchev–Trinajstić information content (AvgIpc) is 3.11. The van der Waals surface area contributed by atoms with Gasteiger partial charge in [0.05, 0.1) is 0 Å². The Morgan fingerprint density at radius 3 is 2.32 bits per heavy atom. The Bertz CT molecular complexity index is 900. The van der Waals surface area contributed by atoms with Crippen LogP contribution >= 0.6 is 24.8 Å². The van der Waals surface area contributed by atoms with Gasteiger partial charge in [-0.1, -0.05) is 0 Å². The summed E-state index contributed by atoms with van der Waals surface area (Å²) in [5.74, 6) is 0. The van der Waals surface area contributed by atoms with Gasteiger partial charge in [0, 0.05) is 0 Å². The molecule has 0 unspecified atom stereocenters. The molecule has 0 radical (unpaired) electrons. The van der Waals surface area contributed by atoms with Crippen LogP contribution in [0.1, 0.15) is 38.3 Å². The third kappa shape index (κ3) is 3.70. The quantitative estimate of drug-likeness (QED) is 0.464. The van der Waals surface area contributed by atoms with Crippen molar-refractivity contribution < 1.29 is 21.3 Å². The number of hydrogen-bond donors (Lipinski definition) is 0. The number of allylic oxidation sites excluding steroid dienone is 4. The molecule has 0 aromatic heterocycles. The third-order valence-corrected chi connectivity index (χ3v) is 12.4. The molecule has 2 aromatic carbocycles. The van der Waals surface area contributed by atoms with E-state index in [9.17, 15) is 0 Å². The molecule has 2 aliphatic rings. The summed E-state index contributed by atoms with van der Waals surface area (Å²) in [6, 6.07) is 16.0. The van der Waals surface area contributed by atoms with Gasteiger partial charge < -0.3 is 0 Å². The third-order valence-electron chi connectivity index (χ3n) is 4.99. The van der Waals surface area contributed by atoms with Gasteiger partial charge in [0.1, 0.15) is 0 Å². The Labute approximate surface area is 171 Å². The minimum absolute atomic E-state index is 0. The maximum atomic E-state index is 2.48. The van der Waals surface area contributed by atoms with E-state index in [1.165, 1.54) is 28.7 Å². The number of benzene rings is 2. The first-order valence-electron chi connectivity index (χ1n) is 8.41. The Morgan fingerprint density at radius 1 is 0.920 bits per heavy atom. The first kappa shape index (κ1) is 20.6.